The zero-order valence-corrected chi connectivity index (χ0v) is 24.0. The zero-order valence-electron chi connectivity index (χ0n) is 24.0. The molecule has 1 amide bonds. The molecule has 7 nitrogen and oxygen atoms in total. The first kappa shape index (κ1) is 29.9. The number of aliphatic hydroxyl groups is 1. The number of aromatic carboxylic acids is 1. The molecule has 0 aliphatic heterocycles. The van der Waals surface area contributed by atoms with Gasteiger partial charge < -0.3 is 25.6 Å². The second kappa shape index (κ2) is 13.1. The van der Waals surface area contributed by atoms with Crippen LogP contribution in [-0.2, 0) is 16.0 Å². The van der Waals surface area contributed by atoms with Crippen molar-refractivity contribution in [3.63, 3.8) is 0 Å². The van der Waals surface area contributed by atoms with Crippen LogP contribution < -0.4 is 10.6 Å². The Bertz CT molecular complexity index is 1530. The summed E-state index contributed by atoms with van der Waals surface area (Å²) in [6.45, 7) is 8.03. The molecule has 1 unspecified atom stereocenters. The summed E-state index contributed by atoms with van der Waals surface area (Å²) in [5.74, 6) is -1.47. The first-order valence-corrected chi connectivity index (χ1v) is 13.8. The van der Waals surface area contributed by atoms with Gasteiger partial charge in [-0.25, -0.2) is 4.79 Å². The summed E-state index contributed by atoms with van der Waals surface area (Å²) in [6, 6.07) is 27.4. The number of fused-ring (bicyclic) bond motifs is 1. The van der Waals surface area contributed by atoms with E-state index in [1.165, 1.54) is 29.3 Å². The van der Waals surface area contributed by atoms with E-state index in [1.807, 2.05) is 43.3 Å². The molecular weight excluding hydrogens is 516 g/mol. The lowest BCUT2D eigenvalue weighted by Crippen LogP contribution is -2.46. The van der Waals surface area contributed by atoms with E-state index < -0.39 is 12.1 Å². The first-order chi connectivity index (χ1) is 19.5. The topological polar surface area (TPSA) is 108 Å². The summed E-state index contributed by atoms with van der Waals surface area (Å²) in [7, 11) is 0. The van der Waals surface area contributed by atoms with E-state index in [1.54, 1.807) is 12.1 Å². The van der Waals surface area contributed by atoms with E-state index in [4.69, 9.17) is 4.74 Å². The lowest BCUT2D eigenvalue weighted by molar-refractivity contribution is -0.114. The van der Waals surface area contributed by atoms with Crippen molar-refractivity contribution in [2.75, 3.05) is 18.5 Å². The molecule has 0 aliphatic rings. The van der Waals surface area contributed by atoms with Crippen LogP contribution >= 0.6 is 0 Å². The molecule has 0 bridgehead atoms. The van der Waals surface area contributed by atoms with Crippen molar-refractivity contribution < 1.29 is 24.5 Å². The van der Waals surface area contributed by atoms with Crippen molar-refractivity contribution in [2.24, 2.45) is 0 Å². The largest absolute Gasteiger partial charge is 0.478 e. The third-order valence-electron chi connectivity index (χ3n) is 7.09. The maximum atomic E-state index is 11.7. The van der Waals surface area contributed by atoms with Crippen molar-refractivity contribution >= 4 is 28.3 Å². The number of carbonyl (C=O) groups excluding carboxylic acids is 1. The minimum atomic E-state index is -1.12. The summed E-state index contributed by atoms with van der Waals surface area (Å²) in [5, 5.41) is 28.8. The molecule has 7 heteroatoms. The number of hydrogen-bond donors (Lipinski definition) is 4. The second-order valence-electron chi connectivity index (χ2n) is 11.1. The molecule has 2 atom stereocenters. The Balaban J connectivity index is 1.37. The Hall–Kier alpha value is -4.04. The third kappa shape index (κ3) is 8.01. The molecule has 41 heavy (non-hydrogen) atoms. The molecule has 4 N–H and O–H groups in total. The number of anilines is 1. The van der Waals surface area contributed by atoms with Gasteiger partial charge in [0.2, 0.25) is 5.91 Å². The number of amides is 1. The fraction of sp³-hybridized carbons (Fsp3) is 0.294. The average molecular weight is 555 g/mol. The van der Waals surface area contributed by atoms with E-state index in [9.17, 15) is 19.8 Å². The van der Waals surface area contributed by atoms with Gasteiger partial charge in [-0.1, -0.05) is 72.8 Å². The van der Waals surface area contributed by atoms with Gasteiger partial charge in [-0.15, -0.1) is 0 Å². The Labute approximate surface area is 241 Å². The average Bonchev–Trinajstić information content (AvgIpc) is 2.94. The van der Waals surface area contributed by atoms with Crippen LogP contribution in [0.15, 0.2) is 84.9 Å². The van der Waals surface area contributed by atoms with Gasteiger partial charge in [0, 0.05) is 19.0 Å². The van der Waals surface area contributed by atoms with Crippen molar-refractivity contribution in [3.05, 3.63) is 102 Å². The van der Waals surface area contributed by atoms with Crippen LogP contribution in [0.25, 0.3) is 21.9 Å². The van der Waals surface area contributed by atoms with Crippen molar-refractivity contribution in [1.82, 2.24) is 5.32 Å². The van der Waals surface area contributed by atoms with Crippen molar-refractivity contribution in [1.29, 1.82) is 0 Å². The highest BCUT2D eigenvalue weighted by atomic mass is 16.5. The summed E-state index contributed by atoms with van der Waals surface area (Å²) in [5.41, 5.74) is 3.75. The molecule has 0 saturated carbocycles. The fourth-order valence-corrected chi connectivity index (χ4v) is 5.03. The molecule has 0 aliphatic carbocycles. The predicted octanol–water partition coefficient (Wildman–Crippen LogP) is 6.21. The van der Waals surface area contributed by atoms with Crippen molar-refractivity contribution in [3.8, 4) is 11.1 Å². The Kier molecular flexibility index (Phi) is 9.55. The van der Waals surface area contributed by atoms with Crippen LogP contribution in [0, 0.1) is 0 Å². The number of carboxylic acids is 1. The van der Waals surface area contributed by atoms with Gasteiger partial charge in [0.25, 0.3) is 0 Å². The van der Waals surface area contributed by atoms with Gasteiger partial charge in [0.1, 0.15) is 0 Å². The number of carbonyl (C=O) groups is 2. The lowest BCUT2D eigenvalue weighted by atomic mass is 9.93. The lowest BCUT2D eigenvalue weighted by Gasteiger charge is -2.28. The van der Waals surface area contributed by atoms with Crippen LogP contribution in [0.2, 0.25) is 0 Å². The molecular formula is C34H38N2O5. The van der Waals surface area contributed by atoms with E-state index >= 15 is 0 Å². The van der Waals surface area contributed by atoms with Crippen LogP contribution in [0.5, 0.6) is 0 Å². The molecule has 0 spiro atoms. The summed E-state index contributed by atoms with van der Waals surface area (Å²) in [6.07, 6.45) is -0.229. The summed E-state index contributed by atoms with van der Waals surface area (Å²) >= 11 is 0. The highest BCUT2D eigenvalue weighted by Crippen LogP contribution is 2.33. The molecule has 0 fully saturated rings. The maximum Gasteiger partial charge on any atom is 0.337 e. The van der Waals surface area contributed by atoms with Gasteiger partial charge in [0.05, 0.1) is 30.1 Å². The quantitative estimate of drug-likeness (QED) is 0.166. The van der Waals surface area contributed by atoms with Gasteiger partial charge in [-0.3, -0.25) is 4.79 Å². The third-order valence-corrected chi connectivity index (χ3v) is 7.09. The highest BCUT2D eigenvalue weighted by molar-refractivity contribution is 6.01. The Morgan fingerprint density at radius 3 is 2.37 bits per heavy atom. The zero-order chi connectivity index (χ0) is 29.6. The van der Waals surface area contributed by atoms with E-state index in [0.29, 0.717) is 6.54 Å². The molecule has 0 heterocycles. The Morgan fingerprint density at radius 2 is 1.63 bits per heavy atom. The van der Waals surface area contributed by atoms with E-state index in [-0.39, 0.29) is 35.4 Å². The number of β-amino-alcohol motifs (C(OH)–C–C–N with tert-alkyl or cyclic N) is 1. The van der Waals surface area contributed by atoms with Crippen LogP contribution in [-0.4, -0.2) is 46.9 Å². The number of nitrogens with one attached hydrogen (secondary N) is 2. The number of aliphatic hydroxyl groups excluding tert-OH is 1. The molecule has 214 valence electrons. The van der Waals surface area contributed by atoms with Crippen LogP contribution in [0.4, 0.5) is 5.69 Å². The summed E-state index contributed by atoms with van der Waals surface area (Å²) < 4.78 is 6.09. The van der Waals surface area contributed by atoms with Gasteiger partial charge >= 0.3 is 5.97 Å². The van der Waals surface area contributed by atoms with Crippen LogP contribution in [0.3, 0.4) is 0 Å². The van der Waals surface area contributed by atoms with E-state index in [0.717, 1.165) is 23.1 Å². The normalized spacial score (nSPS) is 13.1. The number of hydrogen-bond acceptors (Lipinski definition) is 5. The molecule has 0 radical (unpaired) electrons. The fourth-order valence-electron chi connectivity index (χ4n) is 5.03. The summed E-state index contributed by atoms with van der Waals surface area (Å²) in [4.78, 5) is 23.3. The second-order valence-corrected chi connectivity index (χ2v) is 11.1. The number of ether oxygens (including phenoxy) is 1. The maximum absolute atomic E-state index is 11.7. The van der Waals surface area contributed by atoms with Crippen molar-refractivity contribution in [2.45, 2.75) is 51.9 Å². The molecule has 0 aromatic heterocycles. The standard InChI is InChI=1S/C34H38N2O5/c1-22(29-11-7-8-12-30(29)27-15-16-31(33(39)40)32(18-27)36-23(2)37)41-21-28(38)20-35-34(3,4)19-24-13-14-25-9-5-6-10-26(25)17-24/h5-18,22,28,35,38H,19-21H2,1-4H3,(H,36,37)(H,39,40)/t22?,28-/m0/s1. The van der Waals surface area contributed by atoms with Crippen LogP contribution in [0.1, 0.15) is 55.3 Å². The smallest absolute Gasteiger partial charge is 0.337 e. The number of rotatable bonds is 12. The van der Waals surface area contributed by atoms with Gasteiger partial charge in [-0.2, -0.15) is 0 Å². The molecule has 4 aromatic rings. The molecule has 0 saturated heterocycles. The first-order valence-electron chi connectivity index (χ1n) is 13.8. The monoisotopic (exact) mass is 554 g/mol. The number of carboxylic acid groups (broad SMARTS) is 1. The predicted molar refractivity (Wildman–Crippen MR) is 163 cm³/mol. The molecule has 4 rings (SSSR count). The number of benzene rings is 4. The minimum absolute atomic E-state index is 0.0184. The van der Waals surface area contributed by atoms with Gasteiger partial charge in [0.15, 0.2) is 0 Å². The van der Waals surface area contributed by atoms with Gasteiger partial charge in [-0.05, 0) is 72.4 Å². The Morgan fingerprint density at radius 1 is 0.927 bits per heavy atom. The highest BCUT2D eigenvalue weighted by Gasteiger charge is 2.21. The minimum Gasteiger partial charge on any atom is -0.478 e. The SMILES string of the molecule is CC(=O)Nc1cc(-c2ccccc2C(C)OC[C@@H](O)CNC(C)(C)Cc2ccc3ccccc3c2)ccc1C(=O)O. The van der Waals surface area contributed by atoms with E-state index in [2.05, 4.69) is 54.8 Å². The molecule has 4 aromatic carbocycles.